The van der Waals surface area contributed by atoms with Crippen molar-refractivity contribution in [1.82, 2.24) is 30.1 Å². The largest absolute Gasteiger partial charge is 0.321 e. The Morgan fingerprint density at radius 3 is 2.66 bits per heavy atom. The molecule has 1 atom stereocenters. The summed E-state index contributed by atoms with van der Waals surface area (Å²) in [5, 5.41) is 14.2. The van der Waals surface area contributed by atoms with Gasteiger partial charge in [-0.1, -0.05) is 55.2 Å². The van der Waals surface area contributed by atoms with Crippen molar-refractivity contribution in [1.29, 1.82) is 0 Å². The number of benzene rings is 2. The van der Waals surface area contributed by atoms with Gasteiger partial charge < -0.3 is 4.98 Å². The van der Waals surface area contributed by atoms with Crippen LogP contribution in [-0.4, -0.2) is 36.6 Å². The van der Waals surface area contributed by atoms with Crippen molar-refractivity contribution in [3.05, 3.63) is 86.5 Å². The Morgan fingerprint density at radius 2 is 1.83 bits per heavy atom. The maximum atomic E-state index is 13.6. The van der Waals surface area contributed by atoms with Gasteiger partial charge in [-0.3, -0.25) is 9.69 Å². The molecule has 2 aromatic carbocycles. The van der Waals surface area contributed by atoms with E-state index in [1.807, 2.05) is 11.6 Å². The molecule has 7 heteroatoms. The third kappa shape index (κ3) is 4.08. The van der Waals surface area contributed by atoms with E-state index in [0.717, 1.165) is 54.6 Å². The van der Waals surface area contributed by atoms with Crippen molar-refractivity contribution >= 4 is 10.9 Å². The smallest absolute Gasteiger partial charge is 0.253 e. The quantitative estimate of drug-likeness (QED) is 0.466. The van der Waals surface area contributed by atoms with Crippen LogP contribution in [0.4, 0.5) is 0 Å². The van der Waals surface area contributed by atoms with Crippen LogP contribution in [0.1, 0.15) is 77.8 Å². The molecule has 0 bridgehead atoms. The minimum Gasteiger partial charge on any atom is -0.321 e. The topological polar surface area (TPSA) is 79.7 Å². The van der Waals surface area contributed by atoms with Crippen LogP contribution in [0.25, 0.3) is 10.9 Å². The summed E-state index contributed by atoms with van der Waals surface area (Å²) in [6, 6.07) is 14.9. The molecule has 1 fully saturated rings. The van der Waals surface area contributed by atoms with Crippen LogP contribution in [0.3, 0.4) is 0 Å². The molecule has 2 aromatic heterocycles. The minimum atomic E-state index is -0.311. The molecule has 1 unspecified atom stereocenters. The number of aromatic amines is 1. The van der Waals surface area contributed by atoms with Gasteiger partial charge in [0, 0.05) is 18.7 Å². The third-order valence-electron chi connectivity index (χ3n) is 7.83. The van der Waals surface area contributed by atoms with E-state index in [-0.39, 0.29) is 17.6 Å². The van der Waals surface area contributed by atoms with Crippen molar-refractivity contribution in [2.75, 3.05) is 6.54 Å². The Hall–Kier alpha value is -3.32. The second kappa shape index (κ2) is 9.04. The molecule has 180 valence electrons. The van der Waals surface area contributed by atoms with Crippen molar-refractivity contribution in [3.8, 4) is 0 Å². The van der Waals surface area contributed by atoms with Crippen molar-refractivity contribution in [2.24, 2.45) is 0 Å². The summed E-state index contributed by atoms with van der Waals surface area (Å²) in [5.74, 6) is 0.783. The lowest BCUT2D eigenvalue weighted by Gasteiger charge is -2.35. The van der Waals surface area contributed by atoms with Crippen LogP contribution in [0.15, 0.2) is 47.3 Å². The van der Waals surface area contributed by atoms with E-state index in [2.05, 4.69) is 74.8 Å². The first kappa shape index (κ1) is 22.2. The normalized spacial score (nSPS) is 18.0. The Bertz CT molecular complexity index is 1430. The second-order valence-corrected chi connectivity index (χ2v) is 10.3. The molecule has 0 saturated heterocycles. The van der Waals surface area contributed by atoms with E-state index in [4.69, 9.17) is 0 Å². The molecule has 6 rings (SSSR count). The summed E-state index contributed by atoms with van der Waals surface area (Å²) in [6.07, 6.45) is 6.77. The molecule has 1 saturated carbocycles. The predicted octanol–water partition coefficient (Wildman–Crippen LogP) is 4.78. The number of tetrazole rings is 1. The fourth-order valence-corrected chi connectivity index (χ4v) is 6.11. The summed E-state index contributed by atoms with van der Waals surface area (Å²) in [6.45, 7) is 5.76. The average Bonchev–Trinajstić information content (AvgIpc) is 3.35. The summed E-state index contributed by atoms with van der Waals surface area (Å²) >= 11 is 0. The van der Waals surface area contributed by atoms with E-state index in [1.165, 1.54) is 36.0 Å². The fourth-order valence-electron chi connectivity index (χ4n) is 6.11. The highest BCUT2D eigenvalue weighted by molar-refractivity contribution is 5.83. The van der Waals surface area contributed by atoms with Crippen LogP contribution in [0.5, 0.6) is 0 Å². The van der Waals surface area contributed by atoms with Gasteiger partial charge in [-0.2, -0.15) is 0 Å². The molecule has 35 heavy (non-hydrogen) atoms. The number of pyridine rings is 1. The molecule has 1 aliphatic carbocycles. The molecule has 4 aromatic rings. The standard InChI is InChI=1S/C28H32N6O/c1-18-14-19(2)25-22(15-18)16-24(28(35)29-25)26(33-13-12-20-8-6-7-9-21(20)17-33)27-30-31-32-34(27)23-10-4-3-5-11-23/h6-9,14-16,23,26H,3-5,10-13,17H2,1-2H3,(H,29,35). The monoisotopic (exact) mass is 468 g/mol. The van der Waals surface area contributed by atoms with E-state index in [9.17, 15) is 4.79 Å². The molecular weight excluding hydrogens is 436 g/mol. The molecule has 2 aliphatic rings. The molecule has 7 nitrogen and oxygen atoms in total. The highest BCUT2D eigenvalue weighted by atomic mass is 16.1. The first-order valence-corrected chi connectivity index (χ1v) is 12.8. The lowest BCUT2D eigenvalue weighted by molar-refractivity contribution is 0.187. The SMILES string of the molecule is Cc1cc(C)c2[nH]c(=O)c(C(c3nnnn3C3CCCCC3)N3CCc4ccccc4C3)cc2c1. The summed E-state index contributed by atoms with van der Waals surface area (Å²) in [7, 11) is 0. The first-order chi connectivity index (χ1) is 17.1. The van der Waals surface area contributed by atoms with Gasteiger partial charge in [-0.25, -0.2) is 4.68 Å². The maximum absolute atomic E-state index is 13.6. The predicted molar refractivity (Wildman–Crippen MR) is 136 cm³/mol. The number of aryl methyl sites for hydroxylation is 2. The first-order valence-electron chi connectivity index (χ1n) is 12.8. The zero-order valence-electron chi connectivity index (χ0n) is 20.5. The van der Waals surface area contributed by atoms with E-state index in [0.29, 0.717) is 5.56 Å². The highest BCUT2D eigenvalue weighted by Gasteiger charge is 2.34. The van der Waals surface area contributed by atoms with Crippen LogP contribution in [-0.2, 0) is 13.0 Å². The molecule has 1 aliphatic heterocycles. The summed E-state index contributed by atoms with van der Waals surface area (Å²) in [4.78, 5) is 19.2. The lowest BCUT2D eigenvalue weighted by atomic mass is 9.93. The van der Waals surface area contributed by atoms with Crippen LogP contribution in [0.2, 0.25) is 0 Å². The third-order valence-corrected chi connectivity index (χ3v) is 7.83. The van der Waals surface area contributed by atoms with Crippen LogP contribution >= 0.6 is 0 Å². The van der Waals surface area contributed by atoms with Crippen LogP contribution in [0, 0.1) is 13.8 Å². The molecule has 0 spiro atoms. The fraction of sp³-hybridized carbons (Fsp3) is 0.429. The van der Waals surface area contributed by atoms with E-state index in [1.54, 1.807) is 0 Å². The molecule has 0 amide bonds. The lowest BCUT2D eigenvalue weighted by Crippen LogP contribution is -2.39. The second-order valence-electron chi connectivity index (χ2n) is 10.3. The van der Waals surface area contributed by atoms with Gasteiger partial charge in [0.2, 0.25) is 0 Å². The molecule has 3 heterocycles. The molecule has 1 N–H and O–H groups in total. The van der Waals surface area contributed by atoms with Gasteiger partial charge in [0.05, 0.1) is 11.6 Å². The number of hydrogen-bond acceptors (Lipinski definition) is 5. The minimum absolute atomic E-state index is 0.0634. The maximum Gasteiger partial charge on any atom is 0.253 e. The zero-order chi connectivity index (χ0) is 23.9. The van der Waals surface area contributed by atoms with E-state index >= 15 is 0 Å². The van der Waals surface area contributed by atoms with Crippen LogP contribution < -0.4 is 5.56 Å². The van der Waals surface area contributed by atoms with Gasteiger partial charge >= 0.3 is 0 Å². The van der Waals surface area contributed by atoms with Gasteiger partial charge in [-0.05, 0) is 77.7 Å². The molecule has 0 radical (unpaired) electrons. The van der Waals surface area contributed by atoms with E-state index < -0.39 is 0 Å². The number of aromatic nitrogens is 5. The average molecular weight is 469 g/mol. The van der Waals surface area contributed by atoms with Crippen molar-refractivity contribution in [3.63, 3.8) is 0 Å². The highest BCUT2D eigenvalue weighted by Crippen LogP contribution is 2.35. The Kier molecular flexibility index (Phi) is 5.72. The Morgan fingerprint density at radius 1 is 1.03 bits per heavy atom. The molecular formula is C28H32N6O. The number of nitrogens with zero attached hydrogens (tertiary/aromatic N) is 5. The van der Waals surface area contributed by atoms with Gasteiger partial charge in [-0.15, -0.1) is 5.10 Å². The van der Waals surface area contributed by atoms with Crippen molar-refractivity contribution < 1.29 is 0 Å². The number of H-pyrrole nitrogens is 1. The Balaban J connectivity index is 1.51. The number of nitrogens with one attached hydrogen (secondary N) is 1. The zero-order valence-corrected chi connectivity index (χ0v) is 20.5. The Labute approximate surface area is 205 Å². The van der Waals surface area contributed by atoms with Gasteiger partial charge in [0.25, 0.3) is 5.56 Å². The number of hydrogen-bond donors (Lipinski definition) is 1. The number of fused-ring (bicyclic) bond motifs is 2. The van der Waals surface area contributed by atoms with Gasteiger partial charge in [0.1, 0.15) is 6.04 Å². The van der Waals surface area contributed by atoms with Crippen molar-refractivity contribution in [2.45, 2.75) is 71.0 Å². The number of rotatable bonds is 4. The summed E-state index contributed by atoms with van der Waals surface area (Å²) in [5.41, 5.74) is 6.51. The summed E-state index contributed by atoms with van der Waals surface area (Å²) < 4.78 is 2.02. The van der Waals surface area contributed by atoms with Gasteiger partial charge in [0.15, 0.2) is 5.82 Å².